The first-order valence-electron chi connectivity index (χ1n) is 13.0. The number of rotatable bonds is 6. The van der Waals surface area contributed by atoms with Crippen molar-refractivity contribution in [2.24, 2.45) is 29.6 Å². The summed E-state index contributed by atoms with van der Waals surface area (Å²) in [4.78, 5) is 33.0. The molecule has 4 fully saturated rings. The van der Waals surface area contributed by atoms with Crippen LogP contribution in [0.15, 0.2) is 42.5 Å². The number of benzene rings is 1. The van der Waals surface area contributed by atoms with Crippen molar-refractivity contribution >= 4 is 28.7 Å². The number of ether oxygens (including phenoxy) is 1. The smallest absolute Gasteiger partial charge is 0.406 e. The standard InChI is InChI=1S/C28H34N4O3/c1-29-27(34)35-16-28(7-3-2-4-8-28)26-31-23-6-5-21(14-24(23)32-26)30-25(33)15-22-19-10-17-9-18(12-19)13-20(22)11-17/h2-7,14,17-20,22H,8-13,15-16H2,1H3,(H,29,34)(H,30,33)(H,31,32)/t17?,18?,19?,20?,22?,28-/m0/s1. The number of anilines is 1. The molecule has 7 heteroatoms. The molecule has 35 heavy (non-hydrogen) atoms. The van der Waals surface area contributed by atoms with Gasteiger partial charge >= 0.3 is 6.09 Å². The minimum atomic E-state index is -0.552. The molecule has 1 atom stereocenters. The quantitative estimate of drug-likeness (QED) is 0.544. The van der Waals surface area contributed by atoms with E-state index in [1.165, 1.54) is 32.1 Å². The van der Waals surface area contributed by atoms with Crippen LogP contribution >= 0.6 is 0 Å². The zero-order valence-electron chi connectivity index (χ0n) is 20.3. The first-order valence-corrected chi connectivity index (χ1v) is 13.0. The molecule has 184 valence electrons. The van der Waals surface area contributed by atoms with Crippen molar-refractivity contribution in [1.29, 1.82) is 0 Å². The highest BCUT2D eigenvalue weighted by molar-refractivity contribution is 5.93. The number of nitrogens with zero attached hydrogens (tertiary/aromatic N) is 1. The summed E-state index contributed by atoms with van der Waals surface area (Å²) in [5, 5.41) is 5.65. The normalized spacial score (nSPS) is 32.7. The summed E-state index contributed by atoms with van der Waals surface area (Å²) >= 11 is 0. The summed E-state index contributed by atoms with van der Waals surface area (Å²) < 4.78 is 5.42. The maximum atomic E-state index is 13.0. The summed E-state index contributed by atoms with van der Waals surface area (Å²) in [6.45, 7) is 0.183. The maximum absolute atomic E-state index is 13.0. The van der Waals surface area contributed by atoms with Crippen LogP contribution in [0.1, 0.15) is 50.8 Å². The van der Waals surface area contributed by atoms with E-state index in [9.17, 15) is 9.59 Å². The minimum Gasteiger partial charge on any atom is -0.448 e. The first-order chi connectivity index (χ1) is 17.0. The highest BCUT2D eigenvalue weighted by Gasteiger charge is 2.48. The van der Waals surface area contributed by atoms with Gasteiger partial charge in [0.1, 0.15) is 12.4 Å². The number of carbonyl (C=O) groups is 2. The van der Waals surface area contributed by atoms with Gasteiger partial charge in [0.15, 0.2) is 0 Å². The number of fused-ring (bicyclic) bond motifs is 1. The molecule has 5 aliphatic rings. The summed E-state index contributed by atoms with van der Waals surface area (Å²) in [7, 11) is 1.55. The molecule has 2 amide bonds. The molecule has 0 saturated heterocycles. The molecular weight excluding hydrogens is 440 g/mol. The lowest BCUT2D eigenvalue weighted by atomic mass is 9.51. The zero-order valence-corrected chi connectivity index (χ0v) is 20.3. The molecule has 5 aliphatic carbocycles. The molecule has 4 bridgehead atoms. The fraction of sp³-hybridized carbons (Fsp3) is 0.536. The van der Waals surface area contributed by atoms with E-state index in [0.29, 0.717) is 18.8 Å². The Morgan fingerprint density at radius 2 is 1.89 bits per heavy atom. The van der Waals surface area contributed by atoms with E-state index in [0.717, 1.165) is 46.2 Å². The van der Waals surface area contributed by atoms with Crippen LogP contribution in [0.25, 0.3) is 11.0 Å². The third-order valence-electron chi connectivity index (χ3n) is 8.89. The number of carbonyl (C=O) groups excluding carboxylic acids is 2. The molecular formula is C28H34N4O3. The molecule has 7 nitrogen and oxygen atoms in total. The molecule has 0 aliphatic heterocycles. The average molecular weight is 475 g/mol. The number of imidazole rings is 1. The van der Waals surface area contributed by atoms with Gasteiger partial charge in [0, 0.05) is 19.2 Å². The molecule has 2 aromatic rings. The Hall–Kier alpha value is -3.09. The van der Waals surface area contributed by atoms with E-state index in [2.05, 4.69) is 21.7 Å². The summed E-state index contributed by atoms with van der Waals surface area (Å²) in [6.07, 6.45) is 15.6. The first kappa shape index (κ1) is 22.4. The number of amides is 2. The molecule has 4 saturated carbocycles. The van der Waals surface area contributed by atoms with Crippen LogP contribution in [-0.2, 0) is 14.9 Å². The number of H-pyrrole nitrogens is 1. The van der Waals surface area contributed by atoms with Gasteiger partial charge in [-0.25, -0.2) is 9.78 Å². The largest absolute Gasteiger partial charge is 0.448 e. The van der Waals surface area contributed by atoms with Crippen molar-refractivity contribution < 1.29 is 14.3 Å². The van der Waals surface area contributed by atoms with Crippen LogP contribution in [0, 0.1) is 29.6 Å². The second-order valence-electron chi connectivity index (χ2n) is 11.1. The minimum absolute atomic E-state index is 0.123. The van der Waals surface area contributed by atoms with E-state index in [1.54, 1.807) is 7.05 Å². The van der Waals surface area contributed by atoms with E-state index < -0.39 is 11.5 Å². The molecule has 3 N–H and O–H groups in total. The van der Waals surface area contributed by atoms with Crippen LogP contribution in [0.4, 0.5) is 10.5 Å². The number of hydrogen-bond acceptors (Lipinski definition) is 4. The number of allylic oxidation sites excluding steroid dienone is 3. The van der Waals surface area contributed by atoms with E-state index in [4.69, 9.17) is 9.72 Å². The van der Waals surface area contributed by atoms with Crippen LogP contribution in [0.5, 0.6) is 0 Å². The number of aromatic amines is 1. The topological polar surface area (TPSA) is 96.1 Å². The van der Waals surface area contributed by atoms with E-state index >= 15 is 0 Å². The van der Waals surface area contributed by atoms with E-state index in [1.807, 2.05) is 36.4 Å². The highest BCUT2D eigenvalue weighted by atomic mass is 16.5. The van der Waals surface area contributed by atoms with Gasteiger partial charge in [0.25, 0.3) is 0 Å². The number of hydrogen-bond donors (Lipinski definition) is 3. The molecule has 0 radical (unpaired) electrons. The van der Waals surface area contributed by atoms with Gasteiger partial charge < -0.3 is 20.4 Å². The molecule has 0 spiro atoms. The lowest BCUT2D eigenvalue weighted by Gasteiger charge is -2.54. The Morgan fingerprint density at radius 3 is 2.57 bits per heavy atom. The van der Waals surface area contributed by atoms with Gasteiger partial charge in [-0.05, 0) is 86.3 Å². The third kappa shape index (κ3) is 4.26. The summed E-state index contributed by atoms with van der Waals surface area (Å²) in [5.74, 6) is 4.77. The van der Waals surface area contributed by atoms with Crippen molar-refractivity contribution in [2.45, 2.75) is 50.4 Å². The summed E-state index contributed by atoms with van der Waals surface area (Å²) in [6, 6.07) is 5.81. The lowest BCUT2D eigenvalue weighted by Crippen LogP contribution is -2.46. The number of aromatic nitrogens is 2. The van der Waals surface area contributed by atoms with Gasteiger partial charge in [0.2, 0.25) is 5.91 Å². The molecule has 7 rings (SSSR count). The molecule has 0 unspecified atom stereocenters. The number of alkyl carbamates (subject to hydrolysis) is 1. The van der Waals surface area contributed by atoms with Crippen molar-refractivity contribution in [3.63, 3.8) is 0 Å². The Kier molecular flexibility index (Phi) is 5.66. The van der Waals surface area contributed by atoms with Gasteiger partial charge in [0.05, 0.1) is 16.4 Å². The van der Waals surface area contributed by atoms with Gasteiger partial charge in [-0.2, -0.15) is 0 Å². The fourth-order valence-electron chi connectivity index (χ4n) is 7.40. The zero-order chi connectivity index (χ0) is 24.0. The van der Waals surface area contributed by atoms with Crippen molar-refractivity contribution in [3.8, 4) is 0 Å². The molecule has 1 heterocycles. The predicted molar refractivity (Wildman–Crippen MR) is 135 cm³/mol. The predicted octanol–water partition coefficient (Wildman–Crippen LogP) is 5.07. The number of nitrogens with one attached hydrogen (secondary N) is 3. The molecule has 1 aromatic carbocycles. The van der Waals surface area contributed by atoms with Gasteiger partial charge in [-0.3, -0.25) is 4.79 Å². The van der Waals surface area contributed by atoms with Crippen molar-refractivity contribution in [3.05, 3.63) is 48.3 Å². The summed E-state index contributed by atoms with van der Waals surface area (Å²) in [5.41, 5.74) is 1.91. The van der Waals surface area contributed by atoms with Crippen molar-refractivity contribution in [1.82, 2.24) is 15.3 Å². The lowest BCUT2D eigenvalue weighted by molar-refractivity contribution is -0.121. The second kappa shape index (κ2) is 8.85. The third-order valence-corrected chi connectivity index (χ3v) is 8.89. The maximum Gasteiger partial charge on any atom is 0.406 e. The monoisotopic (exact) mass is 474 g/mol. The Morgan fingerprint density at radius 1 is 1.11 bits per heavy atom. The van der Waals surface area contributed by atoms with E-state index in [-0.39, 0.29) is 12.5 Å². The Balaban J connectivity index is 1.17. The second-order valence-corrected chi connectivity index (χ2v) is 11.1. The van der Waals surface area contributed by atoms with Crippen LogP contribution < -0.4 is 10.6 Å². The van der Waals surface area contributed by atoms with Gasteiger partial charge in [-0.15, -0.1) is 0 Å². The fourth-order valence-corrected chi connectivity index (χ4v) is 7.40. The Labute approximate surface area is 205 Å². The van der Waals surface area contributed by atoms with Crippen molar-refractivity contribution in [2.75, 3.05) is 19.0 Å². The Bertz CT molecular complexity index is 1170. The highest BCUT2D eigenvalue weighted by Crippen LogP contribution is 2.57. The van der Waals surface area contributed by atoms with Crippen LogP contribution in [0.2, 0.25) is 0 Å². The van der Waals surface area contributed by atoms with Crippen LogP contribution in [-0.4, -0.2) is 35.6 Å². The SMILES string of the molecule is CNC(=O)OC[C@]1(c2nc3ccc(NC(=O)CC4C5CC6CC(C5)CC4C6)cc3[nH]2)C=CC=CC1. The molecule has 1 aromatic heterocycles. The van der Waals surface area contributed by atoms with Gasteiger partial charge in [-0.1, -0.05) is 24.3 Å². The average Bonchev–Trinajstić information content (AvgIpc) is 3.29. The van der Waals surface area contributed by atoms with Crippen LogP contribution in [0.3, 0.4) is 0 Å².